The molecular formula is C16H20ClFN4O. The van der Waals surface area contributed by atoms with Crippen LogP contribution >= 0.6 is 11.6 Å². The molecule has 2 amide bonds. The number of anilines is 1. The number of aromatic nitrogens is 2. The van der Waals surface area contributed by atoms with Crippen LogP contribution in [-0.4, -0.2) is 27.3 Å². The number of carbonyl (C=O) groups is 1. The standard InChI is InChI=1S/C16H20ClFN4O/c1-4-21(10-12-13(17)6-5-7-14(12)18)16(23)20-15-8-9-19-22(15)11(2)3/h5-9,11H,4,10H2,1-3H3,(H,20,23). The first-order valence-corrected chi connectivity index (χ1v) is 7.84. The Balaban J connectivity index is 2.14. The fourth-order valence-electron chi connectivity index (χ4n) is 2.21. The molecule has 23 heavy (non-hydrogen) atoms. The zero-order valence-electron chi connectivity index (χ0n) is 13.4. The first-order valence-electron chi connectivity index (χ1n) is 7.46. The minimum absolute atomic E-state index is 0.101. The van der Waals surface area contributed by atoms with E-state index in [-0.39, 0.29) is 18.6 Å². The van der Waals surface area contributed by atoms with E-state index in [1.807, 2.05) is 20.8 Å². The van der Waals surface area contributed by atoms with Gasteiger partial charge in [0.2, 0.25) is 0 Å². The zero-order valence-corrected chi connectivity index (χ0v) is 14.1. The van der Waals surface area contributed by atoms with Crippen LogP contribution < -0.4 is 5.32 Å². The number of hydrogen-bond donors (Lipinski definition) is 1. The normalized spacial score (nSPS) is 10.9. The third-order valence-electron chi connectivity index (χ3n) is 3.47. The minimum Gasteiger partial charge on any atom is -0.320 e. The molecular weight excluding hydrogens is 319 g/mol. The van der Waals surface area contributed by atoms with Gasteiger partial charge in [-0.3, -0.25) is 5.32 Å². The molecule has 2 aromatic rings. The van der Waals surface area contributed by atoms with Gasteiger partial charge in [-0.15, -0.1) is 0 Å². The molecule has 0 atom stereocenters. The first-order chi connectivity index (χ1) is 10.9. The maximum atomic E-state index is 13.9. The number of carbonyl (C=O) groups excluding carboxylic acids is 1. The highest BCUT2D eigenvalue weighted by Gasteiger charge is 2.18. The predicted molar refractivity (Wildman–Crippen MR) is 89.1 cm³/mol. The molecule has 2 rings (SSSR count). The maximum Gasteiger partial charge on any atom is 0.323 e. The van der Waals surface area contributed by atoms with E-state index in [1.54, 1.807) is 29.1 Å². The van der Waals surface area contributed by atoms with Crippen LogP contribution in [0.5, 0.6) is 0 Å². The average molecular weight is 339 g/mol. The van der Waals surface area contributed by atoms with Crippen molar-refractivity contribution in [3.8, 4) is 0 Å². The van der Waals surface area contributed by atoms with Crippen molar-refractivity contribution in [3.63, 3.8) is 0 Å². The van der Waals surface area contributed by atoms with E-state index >= 15 is 0 Å². The van der Waals surface area contributed by atoms with Gasteiger partial charge in [-0.05, 0) is 32.9 Å². The number of urea groups is 1. The van der Waals surface area contributed by atoms with E-state index in [2.05, 4.69) is 10.4 Å². The molecule has 0 radical (unpaired) electrons. The Morgan fingerprint density at radius 3 is 2.78 bits per heavy atom. The Morgan fingerprint density at radius 2 is 2.17 bits per heavy atom. The van der Waals surface area contributed by atoms with Crippen LogP contribution in [0.25, 0.3) is 0 Å². The van der Waals surface area contributed by atoms with Crippen molar-refractivity contribution in [1.82, 2.24) is 14.7 Å². The van der Waals surface area contributed by atoms with Gasteiger partial charge in [-0.25, -0.2) is 13.9 Å². The number of hydrogen-bond acceptors (Lipinski definition) is 2. The number of nitrogens with one attached hydrogen (secondary N) is 1. The lowest BCUT2D eigenvalue weighted by Crippen LogP contribution is -2.35. The monoisotopic (exact) mass is 338 g/mol. The molecule has 0 aliphatic carbocycles. The second kappa shape index (κ2) is 7.46. The Hall–Kier alpha value is -2.08. The van der Waals surface area contributed by atoms with Gasteiger partial charge in [0.15, 0.2) is 0 Å². The smallest absolute Gasteiger partial charge is 0.320 e. The van der Waals surface area contributed by atoms with Gasteiger partial charge >= 0.3 is 6.03 Å². The molecule has 0 unspecified atom stereocenters. The second-order valence-corrected chi connectivity index (χ2v) is 5.81. The van der Waals surface area contributed by atoms with Crippen LogP contribution in [0.3, 0.4) is 0 Å². The number of amides is 2. The van der Waals surface area contributed by atoms with Crippen molar-refractivity contribution in [2.45, 2.75) is 33.4 Å². The maximum absolute atomic E-state index is 13.9. The number of benzene rings is 1. The van der Waals surface area contributed by atoms with E-state index in [4.69, 9.17) is 11.6 Å². The highest BCUT2D eigenvalue weighted by atomic mass is 35.5. The Kier molecular flexibility index (Phi) is 5.60. The molecule has 0 aliphatic heterocycles. The van der Waals surface area contributed by atoms with E-state index in [1.165, 1.54) is 11.0 Å². The Labute approximate surface area is 140 Å². The van der Waals surface area contributed by atoms with Crippen LogP contribution in [0.1, 0.15) is 32.4 Å². The summed E-state index contributed by atoms with van der Waals surface area (Å²) < 4.78 is 15.6. The molecule has 0 fully saturated rings. The van der Waals surface area contributed by atoms with Crippen molar-refractivity contribution in [2.24, 2.45) is 0 Å². The number of nitrogens with zero attached hydrogens (tertiary/aromatic N) is 3. The van der Waals surface area contributed by atoms with Crippen LogP contribution in [0.4, 0.5) is 15.0 Å². The highest BCUT2D eigenvalue weighted by molar-refractivity contribution is 6.31. The Bertz CT molecular complexity index is 666. The van der Waals surface area contributed by atoms with Gasteiger partial charge in [0.05, 0.1) is 12.7 Å². The third-order valence-corrected chi connectivity index (χ3v) is 3.83. The zero-order chi connectivity index (χ0) is 17.0. The molecule has 0 bridgehead atoms. The highest BCUT2D eigenvalue weighted by Crippen LogP contribution is 2.21. The van der Waals surface area contributed by atoms with Gasteiger partial charge in [-0.1, -0.05) is 17.7 Å². The summed E-state index contributed by atoms with van der Waals surface area (Å²) >= 11 is 6.03. The molecule has 5 nitrogen and oxygen atoms in total. The molecule has 0 saturated heterocycles. The first kappa shape index (κ1) is 17.3. The largest absolute Gasteiger partial charge is 0.323 e. The van der Waals surface area contributed by atoms with Gasteiger partial charge in [-0.2, -0.15) is 5.10 Å². The summed E-state index contributed by atoms with van der Waals surface area (Å²) in [5, 5.41) is 7.28. The fraction of sp³-hybridized carbons (Fsp3) is 0.375. The summed E-state index contributed by atoms with van der Waals surface area (Å²) in [6.07, 6.45) is 1.62. The fourth-order valence-corrected chi connectivity index (χ4v) is 2.44. The summed E-state index contributed by atoms with van der Waals surface area (Å²) in [6.45, 7) is 6.29. The molecule has 7 heteroatoms. The van der Waals surface area contributed by atoms with E-state index in [0.29, 0.717) is 22.9 Å². The number of halogens is 2. The SMILES string of the molecule is CCN(Cc1c(F)cccc1Cl)C(=O)Nc1ccnn1C(C)C. The van der Waals surface area contributed by atoms with Crippen molar-refractivity contribution in [2.75, 3.05) is 11.9 Å². The van der Waals surface area contributed by atoms with Crippen molar-refractivity contribution in [3.05, 3.63) is 46.9 Å². The lowest BCUT2D eigenvalue weighted by atomic mass is 10.2. The lowest BCUT2D eigenvalue weighted by Gasteiger charge is -2.23. The van der Waals surface area contributed by atoms with Crippen LogP contribution in [-0.2, 0) is 6.54 Å². The topological polar surface area (TPSA) is 50.2 Å². The molecule has 1 heterocycles. The minimum atomic E-state index is -0.420. The summed E-state index contributed by atoms with van der Waals surface area (Å²) in [5.41, 5.74) is 0.309. The van der Waals surface area contributed by atoms with E-state index in [0.717, 1.165) is 0 Å². The van der Waals surface area contributed by atoms with Gasteiger partial charge in [0.1, 0.15) is 11.6 Å². The second-order valence-electron chi connectivity index (χ2n) is 5.40. The van der Waals surface area contributed by atoms with Gasteiger partial charge in [0, 0.05) is 29.2 Å². The quantitative estimate of drug-likeness (QED) is 0.883. The third kappa shape index (κ3) is 4.01. The summed E-state index contributed by atoms with van der Waals surface area (Å²) in [6, 6.07) is 6.01. The lowest BCUT2D eigenvalue weighted by molar-refractivity contribution is 0.211. The average Bonchev–Trinajstić information content (AvgIpc) is 2.95. The van der Waals surface area contributed by atoms with Crippen molar-refractivity contribution >= 4 is 23.4 Å². The van der Waals surface area contributed by atoms with Gasteiger partial charge in [0.25, 0.3) is 0 Å². The molecule has 124 valence electrons. The molecule has 1 aromatic heterocycles. The molecule has 0 spiro atoms. The van der Waals surface area contributed by atoms with Gasteiger partial charge < -0.3 is 4.90 Å². The van der Waals surface area contributed by atoms with Crippen LogP contribution in [0.2, 0.25) is 5.02 Å². The van der Waals surface area contributed by atoms with Crippen LogP contribution in [0, 0.1) is 5.82 Å². The van der Waals surface area contributed by atoms with Crippen LogP contribution in [0.15, 0.2) is 30.5 Å². The van der Waals surface area contributed by atoms with Crippen molar-refractivity contribution in [1.29, 1.82) is 0 Å². The van der Waals surface area contributed by atoms with E-state index in [9.17, 15) is 9.18 Å². The molecule has 0 aliphatic rings. The molecule has 1 N–H and O–H groups in total. The summed E-state index contributed by atoms with van der Waals surface area (Å²) in [7, 11) is 0. The summed E-state index contributed by atoms with van der Waals surface area (Å²) in [4.78, 5) is 13.9. The predicted octanol–water partition coefficient (Wildman–Crippen LogP) is 4.31. The molecule has 0 saturated carbocycles. The summed E-state index contributed by atoms with van der Waals surface area (Å²) in [5.74, 6) is 0.180. The Morgan fingerprint density at radius 1 is 1.43 bits per heavy atom. The number of rotatable bonds is 5. The van der Waals surface area contributed by atoms with Crippen molar-refractivity contribution < 1.29 is 9.18 Å². The van der Waals surface area contributed by atoms with E-state index < -0.39 is 5.82 Å². The molecule has 1 aromatic carbocycles.